The Morgan fingerprint density at radius 1 is 1.50 bits per heavy atom. The first kappa shape index (κ1) is 13.0. The van der Waals surface area contributed by atoms with Gasteiger partial charge in [0, 0.05) is 11.5 Å². The van der Waals surface area contributed by atoms with Crippen LogP contribution in [0.1, 0.15) is 12.8 Å². The highest BCUT2D eigenvalue weighted by atomic mass is 28.3. The number of aliphatic hydroxyl groups excluding tert-OH is 1. The van der Waals surface area contributed by atoms with E-state index in [4.69, 9.17) is 5.53 Å². The fraction of sp³-hybridized carbons (Fsp3) is 0.778. The van der Waals surface area contributed by atoms with Crippen LogP contribution in [0.5, 0.6) is 0 Å². The van der Waals surface area contributed by atoms with Crippen LogP contribution in [0.15, 0.2) is 5.11 Å². The Labute approximate surface area is 86.0 Å². The Bertz CT molecular complexity index is 268. The van der Waals surface area contributed by atoms with E-state index in [1.165, 1.54) is 0 Å². The molecule has 0 saturated carbocycles. The fourth-order valence-corrected chi connectivity index (χ4v) is 1.37. The summed E-state index contributed by atoms with van der Waals surface area (Å²) in [4.78, 5) is 2.63. The van der Waals surface area contributed by atoms with Gasteiger partial charge in [0.15, 0.2) is 0 Å². The number of rotatable bonds is 4. The summed E-state index contributed by atoms with van der Waals surface area (Å²) in [7, 11) is -1.38. The lowest BCUT2D eigenvalue weighted by atomic mass is 10.2. The topological polar surface area (TPSA) is 69.0 Å². The first-order valence-electron chi connectivity index (χ1n) is 4.67. The van der Waals surface area contributed by atoms with Crippen molar-refractivity contribution in [2.24, 2.45) is 5.11 Å². The van der Waals surface area contributed by atoms with Gasteiger partial charge in [0.25, 0.3) is 0 Å². The van der Waals surface area contributed by atoms with Gasteiger partial charge in [0.2, 0.25) is 0 Å². The molecule has 0 aromatic heterocycles. The van der Waals surface area contributed by atoms with Crippen LogP contribution in [0.2, 0.25) is 19.6 Å². The van der Waals surface area contributed by atoms with Crippen LogP contribution in [0, 0.1) is 11.5 Å². The summed E-state index contributed by atoms with van der Waals surface area (Å²) in [6.45, 7) is 6.83. The molecule has 0 fully saturated rings. The monoisotopic (exact) mass is 211 g/mol. The lowest BCUT2D eigenvalue weighted by Gasteiger charge is -2.05. The van der Waals surface area contributed by atoms with Gasteiger partial charge >= 0.3 is 0 Å². The van der Waals surface area contributed by atoms with E-state index in [9.17, 15) is 5.11 Å². The maximum Gasteiger partial charge on any atom is 0.129 e. The van der Waals surface area contributed by atoms with Crippen LogP contribution >= 0.6 is 0 Å². The molecule has 1 N–H and O–H groups in total. The largest absolute Gasteiger partial charge is 0.380 e. The van der Waals surface area contributed by atoms with Gasteiger partial charge in [-0.3, -0.25) is 0 Å². The molecular formula is C9H17N3OSi. The lowest BCUT2D eigenvalue weighted by molar-refractivity contribution is 0.220. The van der Waals surface area contributed by atoms with E-state index in [-0.39, 0.29) is 0 Å². The zero-order valence-electron chi connectivity index (χ0n) is 8.99. The van der Waals surface area contributed by atoms with Gasteiger partial charge < -0.3 is 5.11 Å². The molecule has 0 aliphatic carbocycles. The van der Waals surface area contributed by atoms with Crippen molar-refractivity contribution in [2.75, 3.05) is 6.54 Å². The van der Waals surface area contributed by atoms with Gasteiger partial charge in [-0.25, -0.2) is 0 Å². The third-order valence-corrected chi connectivity index (χ3v) is 2.31. The minimum atomic E-state index is -1.38. The van der Waals surface area contributed by atoms with Crippen LogP contribution < -0.4 is 0 Å². The molecule has 4 nitrogen and oxygen atoms in total. The van der Waals surface area contributed by atoms with E-state index >= 15 is 0 Å². The molecule has 0 spiro atoms. The van der Waals surface area contributed by atoms with Crippen LogP contribution in [-0.4, -0.2) is 25.8 Å². The maximum atomic E-state index is 9.43. The summed E-state index contributed by atoms with van der Waals surface area (Å²) in [6.07, 6.45) is 0.692. The number of hydrogen-bond donors (Lipinski definition) is 1. The molecule has 0 radical (unpaired) electrons. The Morgan fingerprint density at radius 2 is 2.14 bits per heavy atom. The van der Waals surface area contributed by atoms with E-state index < -0.39 is 14.2 Å². The molecule has 1 atom stereocenters. The standard InChI is InChI=1S/C9H17N3OSi/c1-14(2,3)8-6-9(13)5-4-7-11-12-10/h9,13H,4-5,7H2,1-3H3. The Hall–Kier alpha value is -0.953. The Morgan fingerprint density at radius 3 is 2.64 bits per heavy atom. The minimum absolute atomic E-state index is 0.433. The van der Waals surface area contributed by atoms with Crippen molar-refractivity contribution in [1.29, 1.82) is 0 Å². The zero-order valence-corrected chi connectivity index (χ0v) is 9.99. The van der Waals surface area contributed by atoms with Gasteiger partial charge in [0.1, 0.15) is 14.2 Å². The maximum absolute atomic E-state index is 9.43. The lowest BCUT2D eigenvalue weighted by Crippen LogP contribution is -2.18. The smallest absolute Gasteiger partial charge is 0.129 e. The minimum Gasteiger partial charge on any atom is -0.380 e. The fourth-order valence-electron chi connectivity index (χ4n) is 0.772. The molecular weight excluding hydrogens is 194 g/mol. The summed E-state index contributed by atoms with van der Waals surface area (Å²) >= 11 is 0. The molecule has 0 aromatic carbocycles. The molecule has 0 saturated heterocycles. The highest BCUT2D eigenvalue weighted by molar-refractivity contribution is 6.83. The number of hydrogen-bond acceptors (Lipinski definition) is 2. The molecule has 14 heavy (non-hydrogen) atoms. The summed E-state index contributed by atoms with van der Waals surface area (Å²) in [5.74, 6) is 2.83. The summed E-state index contributed by atoms with van der Waals surface area (Å²) in [5.41, 5.74) is 11.1. The normalized spacial score (nSPS) is 12.3. The van der Waals surface area contributed by atoms with E-state index in [0.717, 1.165) is 0 Å². The van der Waals surface area contributed by atoms with Gasteiger partial charge in [0.05, 0.1) is 0 Å². The predicted molar refractivity (Wildman–Crippen MR) is 60.4 cm³/mol. The predicted octanol–water partition coefficient (Wildman–Crippen LogP) is 2.32. The van der Waals surface area contributed by atoms with Gasteiger partial charge in [-0.05, 0) is 18.4 Å². The van der Waals surface area contributed by atoms with Gasteiger partial charge in [-0.1, -0.05) is 30.7 Å². The Balaban J connectivity index is 3.79. The molecule has 0 amide bonds. The summed E-state index contributed by atoms with van der Waals surface area (Å²) in [5, 5.41) is 12.8. The molecule has 0 heterocycles. The molecule has 0 bridgehead atoms. The molecule has 1 unspecified atom stereocenters. The van der Waals surface area contributed by atoms with Crippen LogP contribution in [0.3, 0.4) is 0 Å². The molecule has 0 aliphatic heterocycles. The molecule has 0 rings (SSSR count). The zero-order chi connectivity index (χ0) is 11.0. The molecule has 0 aliphatic rings. The van der Waals surface area contributed by atoms with E-state index in [2.05, 4.69) is 41.1 Å². The SMILES string of the molecule is C[Si](C)(C)C#CC(O)CCCN=[N+]=[N-]. The van der Waals surface area contributed by atoms with Crippen molar-refractivity contribution in [3.8, 4) is 11.5 Å². The van der Waals surface area contributed by atoms with E-state index in [0.29, 0.717) is 19.4 Å². The van der Waals surface area contributed by atoms with Gasteiger partial charge in [-0.15, -0.1) is 5.54 Å². The van der Waals surface area contributed by atoms with Crippen LogP contribution in [0.4, 0.5) is 0 Å². The summed E-state index contributed by atoms with van der Waals surface area (Å²) in [6, 6.07) is 0. The van der Waals surface area contributed by atoms with Crippen molar-refractivity contribution in [3.63, 3.8) is 0 Å². The summed E-state index contributed by atoms with van der Waals surface area (Å²) < 4.78 is 0. The average Bonchev–Trinajstić information content (AvgIpc) is 2.08. The van der Waals surface area contributed by atoms with Crippen LogP contribution in [0.25, 0.3) is 10.4 Å². The molecule has 78 valence electrons. The van der Waals surface area contributed by atoms with Crippen molar-refractivity contribution in [2.45, 2.75) is 38.6 Å². The van der Waals surface area contributed by atoms with Crippen LogP contribution in [-0.2, 0) is 0 Å². The third-order valence-electron chi connectivity index (χ3n) is 1.41. The number of aliphatic hydroxyl groups is 1. The van der Waals surface area contributed by atoms with Crippen molar-refractivity contribution >= 4 is 8.07 Å². The second-order valence-corrected chi connectivity index (χ2v) is 8.88. The first-order valence-corrected chi connectivity index (χ1v) is 8.17. The molecule has 5 heteroatoms. The van der Waals surface area contributed by atoms with Gasteiger partial charge in [-0.2, -0.15) is 0 Å². The number of nitrogens with zero attached hydrogens (tertiary/aromatic N) is 3. The third kappa shape index (κ3) is 9.14. The van der Waals surface area contributed by atoms with Crippen molar-refractivity contribution < 1.29 is 5.11 Å². The van der Waals surface area contributed by atoms with E-state index in [1.807, 2.05) is 0 Å². The molecule has 0 aromatic rings. The number of azide groups is 1. The Kier molecular flexibility index (Phi) is 6.05. The average molecular weight is 211 g/mol. The van der Waals surface area contributed by atoms with Crippen molar-refractivity contribution in [3.05, 3.63) is 10.4 Å². The second-order valence-electron chi connectivity index (χ2n) is 4.13. The highest BCUT2D eigenvalue weighted by Gasteiger charge is 2.08. The first-order chi connectivity index (χ1) is 6.45. The van der Waals surface area contributed by atoms with Crippen molar-refractivity contribution in [1.82, 2.24) is 0 Å². The van der Waals surface area contributed by atoms with E-state index in [1.54, 1.807) is 0 Å². The second kappa shape index (κ2) is 6.49. The quantitative estimate of drug-likeness (QED) is 0.190. The highest BCUT2D eigenvalue weighted by Crippen LogP contribution is 2.00.